The summed E-state index contributed by atoms with van der Waals surface area (Å²) < 4.78 is 82.5. The Morgan fingerprint density at radius 1 is 0.500 bits per heavy atom. The summed E-state index contributed by atoms with van der Waals surface area (Å²) in [6, 6.07) is 32.7. The third kappa shape index (κ3) is 14.1. The molecule has 0 unspecified atom stereocenters. The first-order chi connectivity index (χ1) is 32.4. The van der Waals surface area contributed by atoms with E-state index in [0.29, 0.717) is 30.0 Å². The zero-order chi connectivity index (χ0) is 49.6. The standard InChI is InChI=1S/C26H36N4O4S.C24H31N3O5S/c1-20(2)30-23(15-16-28(3)4)17-26(27-30)35(31,32)29(18-21-7-11-24(33-5)12-8-21)19-22-9-13-25(34-6)14-10-22;1-18(2)27-21(13-14-28)15-24(25-27)33(29,30)26(16-19-5-9-22(31-3)10-6-19)17-20-7-11-23(32-4)12-8-20/h7-14,17,20H,15-16,18-19H2,1-6H3;5-12,15,18,28H,13-14,16-17H2,1-4H3. The molecule has 0 bridgehead atoms. The molecule has 0 radical (unpaired) electrons. The molecular formula is C50H67N7O9S2. The SMILES string of the molecule is COc1ccc(CN(Cc2ccc(OC)cc2)S(=O)(=O)c2cc(CCN(C)C)n(C(C)C)n2)cc1.COc1ccc(CN(Cc2ccc(OC)cc2)S(=O)(=O)c2cc(CCO)n(C(C)C)n2)cc1. The van der Waals surface area contributed by atoms with Crippen molar-refractivity contribution in [1.82, 2.24) is 33.1 Å². The van der Waals surface area contributed by atoms with E-state index in [-0.39, 0.29) is 54.9 Å². The second-order valence-electron chi connectivity index (χ2n) is 17.0. The summed E-state index contributed by atoms with van der Waals surface area (Å²) >= 11 is 0. The Morgan fingerprint density at radius 3 is 1.01 bits per heavy atom. The smallest absolute Gasteiger partial charge is 0.262 e. The van der Waals surface area contributed by atoms with Crippen LogP contribution in [0.2, 0.25) is 0 Å². The van der Waals surface area contributed by atoms with Crippen molar-refractivity contribution in [3.8, 4) is 23.0 Å². The summed E-state index contributed by atoms with van der Waals surface area (Å²) in [6.07, 6.45) is 1.04. The largest absolute Gasteiger partial charge is 0.497 e. The Labute approximate surface area is 402 Å². The van der Waals surface area contributed by atoms with Crippen LogP contribution in [-0.4, -0.2) is 111 Å². The third-order valence-corrected chi connectivity index (χ3v) is 14.4. The molecule has 1 N–H and O–H groups in total. The molecule has 6 rings (SSSR count). The van der Waals surface area contributed by atoms with Crippen molar-refractivity contribution in [1.29, 1.82) is 0 Å². The first-order valence-corrected chi connectivity index (χ1v) is 25.2. The fourth-order valence-electron chi connectivity index (χ4n) is 7.24. The highest BCUT2D eigenvalue weighted by Gasteiger charge is 2.31. The predicted molar refractivity (Wildman–Crippen MR) is 263 cm³/mol. The van der Waals surface area contributed by atoms with Gasteiger partial charge in [-0.15, -0.1) is 0 Å². The molecular weight excluding hydrogens is 907 g/mol. The van der Waals surface area contributed by atoms with E-state index in [1.165, 1.54) is 8.61 Å². The zero-order valence-electron chi connectivity index (χ0n) is 40.9. The lowest BCUT2D eigenvalue weighted by Gasteiger charge is -2.22. The average Bonchev–Trinajstić information content (AvgIpc) is 3.98. The minimum atomic E-state index is -3.93. The van der Waals surface area contributed by atoms with Gasteiger partial charge in [-0.25, -0.2) is 16.8 Å². The summed E-state index contributed by atoms with van der Waals surface area (Å²) in [5, 5.41) is 18.4. The average molecular weight is 974 g/mol. The number of nitrogens with zero attached hydrogens (tertiary/aromatic N) is 7. The third-order valence-electron chi connectivity index (χ3n) is 11.0. The molecule has 0 saturated heterocycles. The second kappa shape index (κ2) is 24.5. The van der Waals surface area contributed by atoms with E-state index in [0.717, 1.165) is 46.0 Å². The van der Waals surface area contributed by atoms with Crippen LogP contribution in [0, 0.1) is 0 Å². The van der Waals surface area contributed by atoms with Crippen molar-refractivity contribution >= 4 is 20.0 Å². The van der Waals surface area contributed by atoms with E-state index in [1.807, 2.05) is 119 Å². The summed E-state index contributed by atoms with van der Waals surface area (Å²) in [6.45, 7) is 9.35. The van der Waals surface area contributed by atoms with Crippen LogP contribution in [0.1, 0.15) is 73.4 Å². The van der Waals surface area contributed by atoms with Crippen LogP contribution in [0.25, 0.3) is 0 Å². The molecule has 68 heavy (non-hydrogen) atoms. The Morgan fingerprint density at radius 2 is 0.779 bits per heavy atom. The van der Waals surface area contributed by atoms with E-state index in [4.69, 9.17) is 18.9 Å². The molecule has 0 saturated carbocycles. The van der Waals surface area contributed by atoms with Gasteiger partial charge < -0.3 is 29.0 Å². The van der Waals surface area contributed by atoms with Crippen molar-refractivity contribution < 1.29 is 40.9 Å². The summed E-state index contributed by atoms with van der Waals surface area (Å²) in [5.41, 5.74) is 4.96. The molecule has 16 nitrogen and oxygen atoms in total. The molecule has 368 valence electrons. The lowest BCUT2D eigenvalue weighted by molar-refractivity contribution is 0.294. The number of sulfonamides is 2. The van der Waals surface area contributed by atoms with Gasteiger partial charge in [0.1, 0.15) is 23.0 Å². The molecule has 0 atom stereocenters. The Bertz CT molecular complexity index is 2600. The van der Waals surface area contributed by atoms with Crippen molar-refractivity contribution in [2.45, 2.75) is 88.9 Å². The zero-order valence-corrected chi connectivity index (χ0v) is 42.5. The number of methoxy groups -OCH3 is 4. The van der Waals surface area contributed by atoms with Crippen molar-refractivity contribution in [3.63, 3.8) is 0 Å². The van der Waals surface area contributed by atoms with Crippen LogP contribution in [0.4, 0.5) is 0 Å². The van der Waals surface area contributed by atoms with Crippen LogP contribution in [0.15, 0.2) is 119 Å². The maximum atomic E-state index is 13.9. The van der Waals surface area contributed by atoms with Crippen LogP contribution >= 0.6 is 0 Å². The second-order valence-corrected chi connectivity index (χ2v) is 20.8. The fraction of sp³-hybridized carbons (Fsp3) is 0.400. The highest BCUT2D eigenvalue weighted by atomic mass is 32.2. The van der Waals surface area contributed by atoms with Gasteiger partial charge in [-0.3, -0.25) is 9.36 Å². The first-order valence-electron chi connectivity index (χ1n) is 22.4. The topological polar surface area (TPSA) is 171 Å². The quantitative estimate of drug-likeness (QED) is 0.0677. The van der Waals surface area contributed by atoms with Gasteiger partial charge in [0.05, 0.1) is 28.4 Å². The summed E-state index contributed by atoms with van der Waals surface area (Å²) in [5.74, 6) is 2.85. The number of hydrogen-bond donors (Lipinski definition) is 1. The fourth-order valence-corrected chi connectivity index (χ4v) is 10.0. The van der Waals surface area contributed by atoms with Gasteiger partial charge in [0.25, 0.3) is 20.0 Å². The van der Waals surface area contributed by atoms with Gasteiger partial charge in [0.2, 0.25) is 0 Å². The number of aliphatic hydroxyl groups is 1. The molecule has 0 aliphatic carbocycles. The first kappa shape index (κ1) is 53.2. The number of aliphatic hydroxyl groups excluding tert-OH is 1. The lowest BCUT2D eigenvalue weighted by Crippen LogP contribution is -2.30. The number of likely N-dealkylation sites (N-methyl/N-ethyl adjacent to an activating group) is 1. The van der Waals surface area contributed by atoms with Gasteiger partial charge in [0, 0.05) is 75.6 Å². The number of hydrogen-bond acceptors (Lipinski definition) is 12. The summed E-state index contributed by atoms with van der Waals surface area (Å²) in [7, 11) is 2.58. The molecule has 2 heterocycles. The van der Waals surface area contributed by atoms with Crippen molar-refractivity contribution in [2.75, 3.05) is 55.7 Å². The molecule has 0 fully saturated rings. The highest BCUT2D eigenvalue weighted by Crippen LogP contribution is 2.27. The molecule has 4 aromatic carbocycles. The molecule has 0 aliphatic rings. The van der Waals surface area contributed by atoms with E-state index < -0.39 is 20.0 Å². The van der Waals surface area contributed by atoms with Crippen LogP contribution in [0.5, 0.6) is 23.0 Å². The number of benzene rings is 4. The Hall–Kier alpha value is -5.76. The van der Waals surface area contributed by atoms with Crippen molar-refractivity contribution in [2.24, 2.45) is 0 Å². The summed E-state index contributed by atoms with van der Waals surface area (Å²) in [4.78, 5) is 2.07. The number of rotatable bonds is 23. The van der Waals surface area contributed by atoms with Gasteiger partial charge in [-0.05, 0) is 125 Å². The maximum Gasteiger partial charge on any atom is 0.262 e. The Balaban J connectivity index is 0.000000255. The minimum absolute atomic E-state index is 0.0262. The van der Waals surface area contributed by atoms with Gasteiger partial charge in [0.15, 0.2) is 10.1 Å². The normalized spacial score (nSPS) is 11.9. The van der Waals surface area contributed by atoms with Crippen LogP contribution < -0.4 is 18.9 Å². The molecule has 0 spiro atoms. The lowest BCUT2D eigenvalue weighted by atomic mass is 10.2. The van der Waals surface area contributed by atoms with Crippen molar-refractivity contribution in [3.05, 3.63) is 143 Å². The van der Waals surface area contributed by atoms with E-state index >= 15 is 0 Å². The highest BCUT2D eigenvalue weighted by molar-refractivity contribution is 7.89. The molecule has 0 aliphatic heterocycles. The molecule has 6 aromatic rings. The monoisotopic (exact) mass is 973 g/mol. The maximum absolute atomic E-state index is 13.9. The van der Waals surface area contributed by atoms with E-state index in [2.05, 4.69) is 15.1 Å². The van der Waals surface area contributed by atoms with Gasteiger partial charge in [-0.2, -0.15) is 18.8 Å². The predicted octanol–water partition coefficient (Wildman–Crippen LogP) is 7.38. The number of ether oxygens (including phenoxy) is 4. The molecule has 0 amide bonds. The van der Waals surface area contributed by atoms with Crippen LogP contribution in [-0.2, 0) is 59.1 Å². The number of aromatic nitrogens is 4. The minimum Gasteiger partial charge on any atom is -0.497 e. The van der Waals surface area contributed by atoms with E-state index in [9.17, 15) is 21.9 Å². The molecule has 2 aromatic heterocycles. The van der Waals surface area contributed by atoms with Crippen LogP contribution in [0.3, 0.4) is 0 Å². The Kier molecular flexibility index (Phi) is 19.2. The van der Waals surface area contributed by atoms with Gasteiger partial charge in [-0.1, -0.05) is 48.5 Å². The van der Waals surface area contributed by atoms with Gasteiger partial charge >= 0.3 is 0 Å². The van der Waals surface area contributed by atoms with E-state index in [1.54, 1.807) is 69.5 Å². The molecule has 18 heteroatoms.